The predicted octanol–water partition coefficient (Wildman–Crippen LogP) is 4.37. The summed E-state index contributed by atoms with van der Waals surface area (Å²) in [7, 11) is 0. The number of nitrogens with zero attached hydrogens (tertiary/aromatic N) is 3. The van der Waals surface area contributed by atoms with Gasteiger partial charge in [0.05, 0.1) is 0 Å². The number of hydrogen-bond acceptors (Lipinski definition) is 4. The Bertz CT molecular complexity index is 711. The van der Waals surface area contributed by atoms with Gasteiger partial charge in [-0.25, -0.2) is 9.97 Å². The molecule has 0 unspecified atom stereocenters. The van der Waals surface area contributed by atoms with Crippen LogP contribution in [-0.2, 0) is 6.54 Å². The van der Waals surface area contributed by atoms with E-state index in [1.807, 2.05) is 29.6 Å². The molecule has 102 valence electrons. The first-order valence-corrected chi connectivity index (χ1v) is 7.73. The Balaban J connectivity index is 1.94. The summed E-state index contributed by atoms with van der Waals surface area (Å²) >= 11 is 7.82. The summed E-state index contributed by atoms with van der Waals surface area (Å²) in [6.45, 7) is 3.71. The minimum Gasteiger partial charge on any atom is -0.337 e. The van der Waals surface area contributed by atoms with Crippen molar-refractivity contribution >= 4 is 39.1 Å². The lowest BCUT2D eigenvalue weighted by Crippen LogP contribution is -2.24. The molecule has 3 rings (SSSR count). The molecule has 0 aliphatic carbocycles. The molecule has 0 radical (unpaired) electrons. The molecule has 0 amide bonds. The second-order valence-electron chi connectivity index (χ2n) is 4.45. The Morgan fingerprint density at radius 3 is 2.70 bits per heavy atom. The van der Waals surface area contributed by atoms with E-state index in [4.69, 9.17) is 11.6 Å². The number of benzene rings is 1. The van der Waals surface area contributed by atoms with Gasteiger partial charge >= 0.3 is 0 Å². The van der Waals surface area contributed by atoms with Crippen molar-refractivity contribution in [3.63, 3.8) is 0 Å². The molecule has 0 fully saturated rings. The molecule has 0 saturated carbocycles. The summed E-state index contributed by atoms with van der Waals surface area (Å²) in [6, 6.07) is 12.3. The molecule has 0 N–H and O–H groups in total. The van der Waals surface area contributed by atoms with Crippen LogP contribution >= 0.6 is 22.9 Å². The monoisotopic (exact) mass is 303 g/mol. The zero-order valence-corrected chi connectivity index (χ0v) is 12.7. The van der Waals surface area contributed by atoms with E-state index in [0.717, 1.165) is 23.3 Å². The summed E-state index contributed by atoms with van der Waals surface area (Å²) in [4.78, 5) is 12.1. The molecule has 20 heavy (non-hydrogen) atoms. The maximum atomic E-state index is 6.24. The quantitative estimate of drug-likeness (QED) is 0.670. The van der Waals surface area contributed by atoms with E-state index in [1.165, 1.54) is 5.56 Å². The minimum absolute atomic E-state index is 0.526. The molecular formula is C15H14ClN3S. The van der Waals surface area contributed by atoms with Crippen LogP contribution in [0.5, 0.6) is 0 Å². The fourth-order valence-corrected chi connectivity index (χ4v) is 3.12. The molecule has 0 atom stereocenters. The van der Waals surface area contributed by atoms with E-state index in [-0.39, 0.29) is 0 Å². The van der Waals surface area contributed by atoms with E-state index < -0.39 is 0 Å². The molecule has 0 spiro atoms. The van der Waals surface area contributed by atoms with E-state index >= 15 is 0 Å². The number of rotatable bonds is 4. The number of anilines is 1. The van der Waals surface area contributed by atoms with Crippen LogP contribution in [0, 0.1) is 0 Å². The number of halogens is 1. The fourth-order valence-electron chi connectivity index (χ4n) is 2.08. The lowest BCUT2D eigenvalue weighted by atomic mass is 10.2. The normalized spacial score (nSPS) is 10.9. The average Bonchev–Trinajstić information content (AvgIpc) is 2.95. The SMILES string of the molecule is CCN(Cc1ccccc1)c1nc(Cl)c2ccsc2n1. The zero-order valence-electron chi connectivity index (χ0n) is 11.1. The third-order valence-electron chi connectivity index (χ3n) is 3.15. The standard InChI is InChI=1S/C15H14ClN3S/c1-2-19(10-11-6-4-3-5-7-11)15-17-13(16)12-8-9-20-14(12)18-15/h3-9H,2,10H2,1H3. The molecule has 1 aromatic carbocycles. The highest BCUT2D eigenvalue weighted by Gasteiger charge is 2.12. The average molecular weight is 304 g/mol. The Morgan fingerprint density at radius 2 is 1.95 bits per heavy atom. The van der Waals surface area contributed by atoms with Gasteiger partial charge in [-0.2, -0.15) is 0 Å². The van der Waals surface area contributed by atoms with E-state index in [2.05, 4.69) is 33.9 Å². The Labute approximate surface area is 126 Å². The largest absolute Gasteiger partial charge is 0.337 e. The maximum absolute atomic E-state index is 6.24. The van der Waals surface area contributed by atoms with Gasteiger partial charge in [-0.05, 0) is 23.9 Å². The van der Waals surface area contributed by atoms with E-state index in [1.54, 1.807) is 11.3 Å². The first-order chi connectivity index (χ1) is 9.78. The molecule has 0 saturated heterocycles. The number of aromatic nitrogens is 2. The topological polar surface area (TPSA) is 29.0 Å². The van der Waals surface area contributed by atoms with E-state index in [0.29, 0.717) is 11.1 Å². The Hall–Kier alpha value is -1.65. The first-order valence-electron chi connectivity index (χ1n) is 6.47. The van der Waals surface area contributed by atoms with Gasteiger partial charge in [0.2, 0.25) is 5.95 Å². The zero-order chi connectivity index (χ0) is 13.9. The second-order valence-corrected chi connectivity index (χ2v) is 5.71. The van der Waals surface area contributed by atoms with Crippen molar-refractivity contribution < 1.29 is 0 Å². The van der Waals surface area contributed by atoms with Gasteiger partial charge in [-0.15, -0.1) is 11.3 Å². The molecule has 2 aromatic heterocycles. The van der Waals surface area contributed by atoms with Crippen molar-refractivity contribution in [3.8, 4) is 0 Å². The van der Waals surface area contributed by atoms with Crippen LogP contribution in [0.3, 0.4) is 0 Å². The predicted molar refractivity (Wildman–Crippen MR) is 85.6 cm³/mol. The summed E-state index contributed by atoms with van der Waals surface area (Å²) in [5, 5.41) is 3.44. The van der Waals surface area contributed by atoms with Crippen molar-refractivity contribution in [3.05, 3.63) is 52.5 Å². The van der Waals surface area contributed by atoms with Crippen LogP contribution in [0.4, 0.5) is 5.95 Å². The summed E-state index contributed by atoms with van der Waals surface area (Å²) in [5.74, 6) is 0.691. The van der Waals surface area contributed by atoms with Gasteiger partial charge in [0, 0.05) is 18.5 Å². The summed E-state index contributed by atoms with van der Waals surface area (Å²) in [6.07, 6.45) is 0. The smallest absolute Gasteiger partial charge is 0.228 e. The molecule has 0 aliphatic heterocycles. The van der Waals surface area contributed by atoms with Crippen LogP contribution < -0.4 is 4.90 Å². The highest BCUT2D eigenvalue weighted by atomic mass is 35.5. The number of thiophene rings is 1. The van der Waals surface area contributed by atoms with Crippen LogP contribution in [0.25, 0.3) is 10.2 Å². The van der Waals surface area contributed by atoms with Crippen LogP contribution in [0.1, 0.15) is 12.5 Å². The van der Waals surface area contributed by atoms with Crippen LogP contribution in [0.15, 0.2) is 41.8 Å². The number of fused-ring (bicyclic) bond motifs is 1. The lowest BCUT2D eigenvalue weighted by Gasteiger charge is -2.21. The molecular weight excluding hydrogens is 290 g/mol. The molecule has 0 bridgehead atoms. The van der Waals surface area contributed by atoms with Crippen molar-refractivity contribution in [2.45, 2.75) is 13.5 Å². The van der Waals surface area contributed by atoms with Crippen molar-refractivity contribution in [2.24, 2.45) is 0 Å². The lowest BCUT2D eigenvalue weighted by molar-refractivity contribution is 0.796. The summed E-state index contributed by atoms with van der Waals surface area (Å²) in [5.41, 5.74) is 1.24. The van der Waals surface area contributed by atoms with Crippen molar-refractivity contribution in [2.75, 3.05) is 11.4 Å². The molecule has 2 heterocycles. The van der Waals surface area contributed by atoms with Gasteiger partial charge in [0.15, 0.2) is 0 Å². The van der Waals surface area contributed by atoms with Crippen molar-refractivity contribution in [1.82, 2.24) is 9.97 Å². The third-order valence-corrected chi connectivity index (χ3v) is 4.24. The maximum Gasteiger partial charge on any atom is 0.228 e. The molecule has 0 aliphatic rings. The molecule has 3 aromatic rings. The Kier molecular flexibility index (Phi) is 3.85. The van der Waals surface area contributed by atoms with Gasteiger partial charge in [0.1, 0.15) is 9.98 Å². The highest BCUT2D eigenvalue weighted by molar-refractivity contribution is 7.16. The summed E-state index contributed by atoms with van der Waals surface area (Å²) < 4.78 is 0. The fraction of sp³-hybridized carbons (Fsp3) is 0.200. The van der Waals surface area contributed by atoms with Crippen molar-refractivity contribution in [1.29, 1.82) is 0 Å². The van der Waals surface area contributed by atoms with Crippen LogP contribution in [0.2, 0.25) is 5.15 Å². The van der Waals surface area contributed by atoms with Gasteiger partial charge in [-0.3, -0.25) is 0 Å². The third kappa shape index (κ3) is 2.62. The minimum atomic E-state index is 0.526. The van der Waals surface area contributed by atoms with Gasteiger partial charge < -0.3 is 4.90 Å². The van der Waals surface area contributed by atoms with Gasteiger partial charge in [-0.1, -0.05) is 41.9 Å². The van der Waals surface area contributed by atoms with Crippen LogP contribution in [-0.4, -0.2) is 16.5 Å². The second kappa shape index (κ2) is 5.77. The molecule has 5 heteroatoms. The molecule has 3 nitrogen and oxygen atoms in total. The highest BCUT2D eigenvalue weighted by Crippen LogP contribution is 2.27. The first kappa shape index (κ1) is 13.3. The number of hydrogen-bond donors (Lipinski definition) is 0. The van der Waals surface area contributed by atoms with E-state index in [9.17, 15) is 0 Å². The van der Waals surface area contributed by atoms with Gasteiger partial charge in [0.25, 0.3) is 0 Å². The Morgan fingerprint density at radius 1 is 1.15 bits per heavy atom.